The second-order valence-corrected chi connectivity index (χ2v) is 3.75. The monoisotopic (exact) mass is 234 g/mol. The summed E-state index contributed by atoms with van der Waals surface area (Å²) >= 11 is 5.82. The van der Waals surface area contributed by atoms with E-state index < -0.39 is 0 Å². The van der Waals surface area contributed by atoms with Crippen molar-refractivity contribution in [3.05, 3.63) is 35.2 Å². The van der Waals surface area contributed by atoms with E-state index in [1.807, 2.05) is 19.1 Å². The zero-order valence-corrected chi connectivity index (χ0v) is 9.14. The number of nitrogens with zero attached hydrogens (tertiary/aromatic N) is 4. The van der Waals surface area contributed by atoms with Crippen molar-refractivity contribution >= 4 is 17.2 Å². The van der Waals surface area contributed by atoms with Crippen LogP contribution in [0.2, 0.25) is 5.15 Å². The summed E-state index contributed by atoms with van der Waals surface area (Å²) in [6, 6.07) is 7.11. The summed E-state index contributed by atoms with van der Waals surface area (Å²) < 4.78 is 7.03. The van der Waals surface area contributed by atoms with Gasteiger partial charge in [0.05, 0.1) is 0 Å². The fraction of sp³-hybridized carbons (Fsp3) is 0.100. The number of furan rings is 1. The molecule has 0 N–H and O–H groups in total. The topological polar surface area (TPSA) is 56.2 Å². The van der Waals surface area contributed by atoms with Gasteiger partial charge in [0.25, 0.3) is 0 Å². The van der Waals surface area contributed by atoms with E-state index in [0.29, 0.717) is 22.4 Å². The Bertz CT molecular complexity index is 658. The third-order valence-electron chi connectivity index (χ3n) is 2.19. The zero-order valence-electron chi connectivity index (χ0n) is 8.38. The second-order valence-electron chi connectivity index (χ2n) is 3.36. The van der Waals surface area contributed by atoms with Crippen LogP contribution in [0.25, 0.3) is 17.2 Å². The number of fused-ring (bicyclic) bond motifs is 1. The summed E-state index contributed by atoms with van der Waals surface area (Å²) in [5, 5.41) is 12.5. The lowest BCUT2D eigenvalue weighted by Crippen LogP contribution is -1.93. The lowest BCUT2D eigenvalue weighted by atomic mass is 10.4. The van der Waals surface area contributed by atoms with Gasteiger partial charge in [-0.25, -0.2) is 0 Å². The number of rotatable bonds is 1. The predicted octanol–water partition coefficient (Wildman–Crippen LogP) is 2.35. The van der Waals surface area contributed by atoms with E-state index in [4.69, 9.17) is 16.0 Å². The maximum Gasteiger partial charge on any atom is 0.220 e. The van der Waals surface area contributed by atoms with Crippen molar-refractivity contribution < 1.29 is 4.42 Å². The van der Waals surface area contributed by atoms with Crippen LogP contribution in [0.15, 0.2) is 28.7 Å². The van der Waals surface area contributed by atoms with Crippen LogP contribution >= 0.6 is 11.6 Å². The minimum Gasteiger partial charge on any atom is -0.458 e. The average molecular weight is 235 g/mol. The van der Waals surface area contributed by atoms with Crippen LogP contribution in [0.4, 0.5) is 0 Å². The molecule has 0 atom stereocenters. The van der Waals surface area contributed by atoms with Crippen LogP contribution < -0.4 is 0 Å². The van der Waals surface area contributed by atoms with E-state index in [-0.39, 0.29) is 0 Å². The summed E-state index contributed by atoms with van der Waals surface area (Å²) in [4.78, 5) is 0. The van der Waals surface area contributed by atoms with E-state index in [1.54, 1.807) is 16.6 Å². The van der Waals surface area contributed by atoms with E-state index in [0.717, 1.165) is 5.76 Å². The molecule has 0 unspecified atom stereocenters. The Kier molecular flexibility index (Phi) is 1.94. The van der Waals surface area contributed by atoms with Gasteiger partial charge in [-0.3, -0.25) is 0 Å². The first kappa shape index (κ1) is 9.35. The van der Waals surface area contributed by atoms with Crippen LogP contribution in [0, 0.1) is 6.92 Å². The Balaban J connectivity index is 2.27. The molecular weight excluding hydrogens is 228 g/mol. The molecule has 0 aliphatic rings. The molecule has 0 fully saturated rings. The lowest BCUT2D eigenvalue weighted by molar-refractivity contribution is 0.542. The smallest absolute Gasteiger partial charge is 0.220 e. The van der Waals surface area contributed by atoms with Gasteiger partial charge in [0, 0.05) is 0 Å². The maximum absolute atomic E-state index is 5.82. The van der Waals surface area contributed by atoms with Gasteiger partial charge in [-0.15, -0.1) is 10.2 Å². The third kappa shape index (κ3) is 1.37. The zero-order chi connectivity index (χ0) is 11.1. The van der Waals surface area contributed by atoms with Crippen molar-refractivity contribution in [3.8, 4) is 11.6 Å². The van der Waals surface area contributed by atoms with Crippen LogP contribution in [-0.4, -0.2) is 19.8 Å². The molecule has 0 amide bonds. The molecule has 0 aromatic carbocycles. The fourth-order valence-electron chi connectivity index (χ4n) is 1.47. The first-order valence-corrected chi connectivity index (χ1v) is 5.06. The standard InChI is InChI=1S/C10H7ClN4O/c1-6-2-3-7(16-6)10-13-12-9-5-4-8(11)14-15(9)10/h2-5H,1H3. The SMILES string of the molecule is Cc1ccc(-c2nnc3ccc(Cl)nn23)o1. The van der Waals surface area contributed by atoms with Crippen molar-refractivity contribution in [1.82, 2.24) is 19.8 Å². The molecule has 0 spiro atoms. The molecule has 0 radical (unpaired) electrons. The van der Waals surface area contributed by atoms with Gasteiger partial charge in [0.1, 0.15) is 10.9 Å². The van der Waals surface area contributed by atoms with Crippen molar-refractivity contribution in [3.63, 3.8) is 0 Å². The lowest BCUT2D eigenvalue weighted by Gasteiger charge is -1.95. The molecule has 0 aliphatic heterocycles. The highest BCUT2D eigenvalue weighted by Crippen LogP contribution is 2.20. The normalized spacial score (nSPS) is 11.1. The number of halogens is 1. The predicted molar refractivity (Wildman–Crippen MR) is 58.2 cm³/mol. The van der Waals surface area contributed by atoms with Crippen LogP contribution in [-0.2, 0) is 0 Å². The minimum atomic E-state index is 0.386. The van der Waals surface area contributed by atoms with Crippen molar-refractivity contribution in [2.24, 2.45) is 0 Å². The van der Waals surface area contributed by atoms with Crippen LogP contribution in [0.1, 0.15) is 5.76 Å². The van der Waals surface area contributed by atoms with Gasteiger partial charge in [-0.05, 0) is 31.2 Å². The van der Waals surface area contributed by atoms with Crippen molar-refractivity contribution in [2.75, 3.05) is 0 Å². The summed E-state index contributed by atoms with van der Waals surface area (Å²) in [7, 11) is 0. The van der Waals surface area contributed by atoms with Crippen molar-refractivity contribution in [2.45, 2.75) is 6.92 Å². The molecule has 0 saturated carbocycles. The van der Waals surface area contributed by atoms with Gasteiger partial charge in [0.2, 0.25) is 5.82 Å². The molecule has 0 saturated heterocycles. The third-order valence-corrected chi connectivity index (χ3v) is 2.39. The summed E-state index contributed by atoms with van der Waals surface area (Å²) in [6.45, 7) is 1.87. The number of hydrogen-bond acceptors (Lipinski definition) is 4. The first-order chi connectivity index (χ1) is 7.74. The Morgan fingerprint density at radius 2 is 2.06 bits per heavy atom. The molecule has 5 nitrogen and oxygen atoms in total. The maximum atomic E-state index is 5.82. The van der Waals surface area contributed by atoms with Gasteiger partial charge in [-0.1, -0.05) is 11.6 Å². The largest absolute Gasteiger partial charge is 0.458 e. The van der Waals surface area contributed by atoms with Gasteiger partial charge < -0.3 is 4.42 Å². The highest BCUT2D eigenvalue weighted by molar-refractivity contribution is 6.29. The molecule has 3 heterocycles. The quantitative estimate of drug-likeness (QED) is 0.649. The summed E-state index contributed by atoms with van der Waals surface area (Å²) in [6.07, 6.45) is 0. The molecule has 3 aromatic heterocycles. The number of aromatic nitrogens is 4. The van der Waals surface area contributed by atoms with E-state index >= 15 is 0 Å². The Morgan fingerprint density at radius 1 is 1.19 bits per heavy atom. The Labute approximate surface area is 95.7 Å². The highest BCUT2D eigenvalue weighted by atomic mass is 35.5. The average Bonchev–Trinajstić information content (AvgIpc) is 2.83. The summed E-state index contributed by atoms with van der Waals surface area (Å²) in [5.41, 5.74) is 0.633. The molecule has 3 aromatic rings. The van der Waals surface area contributed by atoms with Gasteiger partial charge >= 0.3 is 0 Å². The molecular formula is C10H7ClN4O. The molecule has 0 bridgehead atoms. The highest BCUT2D eigenvalue weighted by Gasteiger charge is 2.12. The van der Waals surface area contributed by atoms with E-state index in [2.05, 4.69) is 15.3 Å². The molecule has 80 valence electrons. The number of hydrogen-bond donors (Lipinski definition) is 0. The second kappa shape index (κ2) is 3.31. The molecule has 16 heavy (non-hydrogen) atoms. The first-order valence-electron chi connectivity index (χ1n) is 4.69. The van der Waals surface area contributed by atoms with Gasteiger partial charge in [-0.2, -0.15) is 9.61 Å². The Morgan fingerprint density at radius 3 is 2.81 bits per heavy atom. The van der Waals surface area contributed by atoms with E-state index in [9.17, 15) is 0 Å². The van der Waals surface area contributed by atoms with E-state index in [1.165, 1.54) is 0 Å². The number of aryl methyl sites for hydroxylation is 1. The van der Waals surface area contributed by atoms with Crippen LogP contribution in [0.5, 0.6) is 0 Å². The molecule has 0 aliphatic carbocycles. The van der Waals surface area contributed by atoms with Gasteiger partial charge in [0.15, 0.2) is 11.4 Å². The minimum absolute atomic E-state index is 0.386. The van der Waals surface area contributed by atoms with Crippen LogP contribution in [0.3, 0.4) is 0 Å². The fourth-order valence-corrected chi connectivity index (χ4v) is 1.61. The summed E-state index contributed by atoms with van der Waals surface area (Å²) in [5.74, 6) is 1.99. The Hall–Kier alpha value is -1.88. The molecule has 3 rings (SSSR count). The molecule has 6 heteroatoms. The van der Waals surface area contributed by atoms with Crippen molar-refractivity contribution in [1.29, 1.82) is 0 Å².